The summed E-state index contributed by atoms with van der Waals surface area (Å²) in [4.78, 5) is 289. The maximum Gasteiger partial charge on any atom is 0.325 e. The highest BCUT2D eigenvalue weighted by Gasteiger charge is 2.40. The van der Waals surface area contributed by atoms with Crippen LogP contribution in [0.2, 0.25) is 0 Å². The summed E-state index contributed by atoms with van der Waals surface area (Å²) in [6.07, 6.45) is -1.52. The molecule has 21 amide bonds. The van der Waals surface area contributed by atoms with Crippen molar-refractivity contribution in [2.24, 2.45) is 46.8 Å². The van der Waals surface area contributed by atoms with Gasteiger partial charge in [-0.15, -0.1) is 0 Å². The molecule has 0 unspecified atom stereocenters. The van der Waals surface area contributed by atoms with Crippen molar-refractivity contribution in [3.8, 4) is 0 Å². The first-order chi connectivity index (χ1) is 56.5. The Hall–Kier alpha value is -11.8. The number of amides is 21. The third-order valence-corrected chi connectivity index (χ3v) is 18.4. The zero-order valence-electron chi connectivity index (χ0n) is 72.2. The highest BCUT2D eigenvalue weighted by molar-refractivity contribution is 6.03. The van der Waals surface area contributed by atoms with E-state index in [4.69, 9.17) is 22.3 Å². The molecule has 0 rings (SSSR count). The summed E-state index contributed by atoms with van der Waals surface area (Å²) in [6, 6.07) is -28.4. The minimum Gasteiger partial charge on any atom is -0.480 e. The number of aliphatic carboxylic acids is 1. The van der Waals surface area contributed by atoms with Gasteiger partial charge in [0.2, 0.25) is 124 Å². The number of primary amides is 2. The Bertz CT molecular complexity index is 3720. The first-order valence-electron chi connectivity index (χ1n) is 39.6. The second kappa shape index (κ2) is 53.8. The largest absolute Gasteiger partial charge is 0.480 e. The maximum atomic E-state index is 14.1. The van der Waals surface area contributed by atoms with E-state index in [2.05, 4.69) is 101 Å². The Labute approximate surface area is 706 Å². The summed E-state index contributed by atoms with van der Waals surface area (Å²) < 4.78 is 0. The van der Waals surface area contributed by atoms with Crippen LogP contribution in [0.3, 0.4) is 0 Å². The topological polar surface area (TPSA) is 763 Å². The van der Waals surface area contributed by atoms with Crippen LogP contribution >= 0.6 is 0 Å². The van der Waals surface area contributed by atoms with Crippen LogP contribution in [-0.2, 0) is 105 Å². The van der Waals surface area contributed by atoms with E-state index in [0.29, 0.717) is 6.42 Å². The minimum atomic E-state index is -1.91. The van der Waals surface area contributed by atoms with E-state index in [1.165, 1.54) is 69.2 Å². The zero-order valence-corrected chi connectivity index (χ0v) is 72.2. The van der Waals surface area contributed by atoms with Gasteiger partial charge >= 0.3 is 5.97 Å². The Morgan fingerprint density at radius 3 is 0.762 bits per heavy atom. The number of nitrogens with one attached hydrogen (secondary N) is 19. The Kier molecular flexibility index (Phi) is 48.5. The lowest BCUT2D eigenvalue weighted by atomic mass is 9.97. The van der Waals surface area contributed by atoms with Gasteiger partial charge in [-0.3, -0.25) is 105 Å². The Morgan fingerprint density at radius 2 is 0.459 bits per heavy atom. The number of carbonyl (C=O) groups excluding carboxylic acids is 21. The number of rotatable bonds is 54. The lowest BCUT2D eigenvalue weighted by molar-refractivity contribution is -0.141. The van der Waals surface area contributed by atoms with E-state index in [9.17, 15) is 121 Å². The summed E-state index contributed by atoms with van der Waals surface area (Å²) in [7, 11) is 0. The number of hydrogen-bond donors (Lipinski definition) is 26. The monoisotopic (exact) mass is 1740 g/mol. The van der Waals surface area contributed by atoms with Crippen molar-refractivity contribution in [1.29, 1.82) is 0 Å². The number of carboxylic acids is 1. The molecule has 20 atom stereocenters. The average Bonchev–Trinajstić information content (AvgIpc) is 0.803. The molecule has 0 aromatic carbocycles. The fraction of sp³-hybridized carbons (Fsp3) is 0.703. The first kappa shape index (κ1) is 110. The maximum absolute atomic E-state index is 14.1. The lowest BCUT2D eigenvalue weighted by Crippen LogP contribution is -2.62. The molecular formula is C74H128N22O26. The molecule has 0 aromatic heterocycles. The predicted molar refractivity (Wildman–Crippen MR) is 431 cm³/mol. The number of nitrogens with two attached hydrogens (primary N) is 3. The highest BCUT2D eigenvalue weighted by Crippen LogP contribution is 2.14. The molecule has 0 heterocycles. The fourth-order valence-electron chi connectivity index (χ4n) is 10.8. The van der Waals surface area contributed by atoms with Gasteiger partial charge in [-0.1, -0.05) is 75.7 Å². The molecule has 0 saturated carbocycles. The molecule has 0 spiro atoms. The van der Waals surface area contributed by atoms with E-state index in [1.807, 2.05) is 0 Å². The fourth-order valence-corrected chi connectivity index (χ4v) is 10.8. The third-order valence-electron chi connectivity index (χ3n) is 18.4. The summed E-state index contributed by atoms with van der Waals surface area (Å²) >= 11 is 0. The third kappa shape index (κ3) is 39.1. The van der Waals surface area contributed by atoms with Crippen molar-refractivity contribution in [3.63, 3.8) is 0 Å². The summed E-state index contributed by atoms with van der Waals surface area (Å²) in [5.74, 6) is -25.0. The molecule has 0 fully saturated rings. The van der Waals surface area contributed by atoms with E-state index in [1.54, 1.807) is 55.4 Å². The van der Waals surface area contributed by atoms with Crippen LogP contribution in [0, 0.1) is 29.6 Å². The van der Waals surface area contributed by atoms with Crippen LogP contribution in [0.15, 0.2) is 0 Å². The number of carbonyl (C=O) groups is 22. The van der Waals surface area contributed by atoms with Crippen LogP contribution < -0.4 is 118 Å². The molecule has 29 N–H and O–H groups in total. The van der Waals surface area contributed by atoms with Crippen LogP contribution in [0.25, 0.3) is 0 Å². The molecule has 0 radical (unpaired) electrons. The van der Waals surface area contributed by atoms with Gasteiger partial charge in [0.05, 0.1) is 39.2 Å². The first-order valence-corrected chi connectivity index (χ1v) is 39.6. The Balaban J connectivity index is 6.11. The van der Waals surface area contributed by atoms with Gasteiger partial charge in [0.1, 0.15) is 115 Å². The van der Waals surface area contributed by atoms with Crippen molar-refractivity contribution < 1.29 is 126 Å². The molecule has 0 aliphatic heterocycles. The van der Waals surface area contributed by atoms with Crippen molar-refractivity contribution in [3.05, 3.63) is 0 Å². The van der Waals surface area contributed by atoms with Crippen LogP contribution in [-0.4, -0.2) is 292 Å². The van der Waals surface area contributed by atoms with Crippen LogP contribution in [0.5, 0.6) is 0 Å². The predicted octanol–water partition coefficient (Wildman–Crippen LogP) is -11.4. The van der Waals surface area contributed by atoms with E-state index < -0.39 is 302 Å². The highest BCUT2D eigenvalue weighted by atomic mass is 16.4. The molecule has 0 aliphatic rings. The number of hydrogen-bond acceptors (Lipinski definition) is 26. The average molecular weight is 1740 g/mol. The molecule has 122 heavy (non-hydrogen) atoms. The molecule has 0 aliphatic carbocycles. The van der Waals surface area contributed by atoms with Crippen LogP contribution in [0.4, 0.5) is 0 Å². The van der Waals surface area contributed by atoms with E-state index in [0.717, 1.165) is 6.92 Å². The smallest absolute Gasteiger partial charge is 0.325 e. The molecule has 0 bridgehead atoms. The SMILES string of the molecule is CC[C@H](C)[C@H](NC(=O)[C@H](C)NC(=O)[C@@H](NC(=O)[C@H](C)NC(=O)[C@H](CC(C)C)NC(=O)[C@@H](NC(=O)[C@H](CO)NC(=O)[C@H](CC(N)=O)NC(=O)[C@H](C)NC(=O)[C@H](CO)NC(=O)[C@H](CC(C)C)NC(=O)[C@H](CO)NC(=O)CN)C(C)C)C(C)C)C(=O)N[C@@H](C)C(=O)N[C@@H](C)C(=O)N[C@@H](C)C(=O)N[C@@H](CC(N)=O)C(=O)N[C@@H](C)C(=O)N[C@@H](C)C(=O)N[C@@H](C)C(=O)O. The Morgan fingerprint density at radius 1 is 0.254 bits per heavy atom. The second-order valence-electron chi connectivity index (χ2n) is 31.1. The standard InChI is InChI=1S/C74H128N22O26/c1-20-33(10)55(73(120)85-37(14)58(105)78-34(11)56(103)80-38(15)60(107)88-45(23-50(76)100)65(112)81-36(13)57(104)79-35(12)59(106)86-42(19)74(121)122)96-63(110)41(18)84-71(118)53(31(6)7)94-62(109)40(17)82-64(111)43(21-29(2)3)91-72(119)54(32(8)9)95-70(117)49(28-99)93-67(114)46(24-51(77)101)89-61(108)39(16)83-68(115)48(27-98)92-66(113)44(22-30(4)5)90-69(116)47(26-97)87-52(102)25-75/h29-49,53-55,97-99H,20-28,75H2,1-19H3,(H2,76,100)(H2,77,101)(H,78,105)(H,79,104)(H,80,103)(H,81,112)(H,82,111)(H,83,115)(H,84,118)(H,85,120)(H,86,106)(H,87,102)(H,88,107)(H,89,108)(H,90,116)(H,91,119)(H,92,113)(H,93,114)(H,94,109)(H,95,117)(H,96,110)(H,121,122)/t33-,34-,35-,36-,37-,38-,39-,40-,41-,42-,43-,44-,45-,46-,47-,48-,49-,53-,54-,55-/m0/s1. The van der Waals surface area contributed by atoms with Gasteiger partial charge in [-0.2, -0.15) is 0 Å². The van der Waals surface area contributed by atoms with Crippen molar-refractivity contribution >= 4 is 130 Å². The van der Waals surface area contributed by atoms with Gasteiger partial charge in [0, 0.05) is 0 Å². The van der Waals surface area contributed by atoms with Gasteiger partial charge in [-0.25, -0.2) is 0 Å². The van der Waals surface area contributed by atoms with Gasteiger partial charge in [0.15, 0.2) is 0 Å². The normalized spacial score (nSPS) is 16.1. The molecule has 48 nitrogen and oxygen atoms in total. The molecule has 48 heteroatoms. The summed E-state index contributed by atoms with van der Waals surface area (Å²) in [5.41, 5.74) is 16.0. The quantitative estimate of drug-likeness (QED) is 0.0269. The van der Waals surface area contributed by atoms with Gasteiger partial charge in [0.25, 0.3) is 0 Å². The molecule has 0 aromatic rings. The second-order valence-corrected chi connectivity index (χ2v) is 31.1. The number of aliphatic hydroxyl groups is 3. The lowest BCUT2D eigenvalue weighted by Gasteiger charge is -2.29. The number of carboxylic acid groups (broad SMARTS) is 1. The van der Waals surface area contributed by atoms with Gasteiger partial charge < -0.3 is 139 Å². The van der Waals surface area contributed by atoms with Crippen molar-refractivity contribution in [1.82, 2.24) is 101 Å². The molecule has 690 valence electrons. The van der Waals surface area contributed by atoms with E-state index in [-0.39, 0.29) is 24.7 Å². The molecular weight excluding hydrogens is 1610 g/mol. The minimum absolute atomic E-state index is 0.0416. The van der Waals surface area contributed by atoms with Crippen molar-refractivity contribution in [2.75, 3.05) is 26.4 Å². The van der Waals surface area contributed by atoms with Crippen LogP contribution in [0.1, 0.15) is 164 Å². The van der Waals surface area contributed by atoms with Crippen molar-refractivity contribution in [2.45, 2.75) is 278 Å². The molecule has 0 saturated heterocycles. The van der Waals surface area contributed by atoms with Gasteiger partial charge in [-0.05, 0) is 105 Å². The summed E-state index contributed by atoms with van der Waals surface area (Å²) in [5, 5.41) is 83.7. The van der Waals surface area contributed by atoms with E-state index >= 15 is 0 Å². The summed E-state index contributed by atoms with van der Waals surface area (Å²) in [6.45, 7) is 23.5. The number of aliphatic hydroxyl groups excluding tert-OH is 3. The zero-order chi connectivity index (χ0) is 94.4.